The first-order valence-corrected chi connectivity index (χ1v) is 8.27. The summed E-state index contributed by atoms with van der Waals surface area (Å²) in [4.78, 5) is 28.0. The second-order valence-corrected chi connectivity index (χ2v) is 6.09. The van der Waals surface area contributed by atoms with Gasteiger partial charge in [0.15, 0.2) is 11.3 Å². The molecule has 134 valence electrons. The smallest absolute Gasteiger partial charge is 0.306 e. The lowest BCUT2D eigenvalue weighted by molar-refractivity contribution is -0.153. The van der Waals surface area contributed by atoms with Gasteiger partial charge in [-0.2, -0.15) is 5.10 Å². The van der Waals surface area contributed by atoms with Crippen molar-refractivity contribution in [3.8, 4) is 0 Å². The number of carbonyl (C=O) groups excluding carboxylic acids is 2. The van der Waals surface area contributed by atoms with Crippen molar-refractivity contribution in [1.29, 1.82) is 0 Å². The van der Waals surface area contributed by atoms with Crippen LogP contribution in [0.2, 0.25) is 5.15 Å². The lowest BCUT2D eigenvalue weighted by Gasteiger charge is -2.14. The molecule has 2 aromatic heterocycles. The zero-order chi connectivity index (χ0) is 18.6. The van der Waals surface area contributed by atoms with Crippen LogP contribution in [0, 0.1) is 13.8 Å². The maximum Gasteiger partial charge on any atom is 0.306 e. The molecule has 0 fully saturated rings. The van der Waals surface area contributed by atoms with Gasteiger partial charge in [0.1, 0.15) is 0 Å². The van der Waals surface area contributed by atoms with Crippen molar-refractivity contribution in [1.82, 2.24) is 14.8 Å². The molecule has 1 N–H and O–H groups in total. The van der Waals surface area contributed by atoms with Crippen LogP contribution in [0.25, 0.3) is 0 Å². The normalized spacial score (nSPS) is 11.9. The van der Waals surface area contributed by atoms with Crippen LogP contribution < -0.4 is 5.32 Å². The molecule has 0 aliphatic heterocycles. The van der Waals surface area contributed by atoms with Gasteiger partial charge in [0, 0.05) is 25.4 Å². The molecule has 0 saturated carbocycles. The van der Waals surface area contributed by atoms with Crippen molar-refractivity contribution in [2.45, 2.75) is 39.7 Å². The molecule has 0 saturated heterocycles. The number of rotatable bonds is 6. The fourth-order valence-electron chi connectivity index (χ4n) is 2.43. The monoisotopic (exact) mass is 364 g/mol. The van der Waals surface area contributed by atoms with Crippen molar-refractivity contribution < 1.29 is 14.3 Å². The van der Waals surface area contributed by atoms with E-state index in [2.05, 4.69) is 15.4 Å². The Morgan fingerprint density at radius 1 is 1.40 bits per heavy atom. The number of nitrogens with zero attached hydrogens (tertiary/aromatic N) is 3. The lowest BCUT2D eigenvalue weighted by atomic mass is 10.1. The molecular formula is C17H21ClN4O3. The fraction of sp³-hybridized carbons (Fsp3) is 0.412. The van der Waals surface area contributed by atoms with Gasteiger partial charge in [-0.3, -0.25) is 14.3 Å². The van der Waals surface area contributed by atoms with E-state index < -0.39 is 18.0 Å². The van der Waals surface area contributed by atoms with Crippen LogP contribution in [0.4, 0.5) is 5.69 Å². The number of pyridine rings is 1. The maximum absolute atomic E-state index is 12.1. The molecule has 0 aromatic carbocycles. The molecule has 1 amide bonds. The van der Waals surface area contributed by atoms with Crippen LogP contribution in [-0.2, 0) is 27.8 Å². The Morgan fingerprint density at radius 2 is 2.12 bits per heavy atom. The summed E-state index contributed by atoms with van der Waals surface area (Å²) in [5, 5.41) is 7.08. The van der Waals surface area contributed by atoms with Crippen molar-refractivity contribution in [3.63, 3.8) is 0 Å². The number of hydrogen-bond acceptors (Lipinski definition) is 5. The lowest BCUT2D eigenvalue weighted by Crippen LogP contribution is -2.30. The number of aryl methyl sites for hydroxylation is 2. The van der Waals surface area contributed by atoms with E-state index in [0.29, 0.717) is 12.1 Å². The summed E-state index contributed by atoms with van der Waals surface area (Å²) in [5.74, 6) is -0.903. The summed E-state index contributed by atoms with van der Waals surface area (Å²) in [6.07, 6.45) is 1.29. The van der Waals surface area contributed by atoms with Gasteiger partial charge in [-0.05, 0) is 44.9 Å². The highest BCUT2D eigenvalue weighted by Crippen LogP contribution is 2.18. The SMILES string of the molecule is Cc1nn(C)c(C)c1CCC(=O)OC(C)C(=O)Nc1cccnc1Cl. The Hall–Kier alpha value is -2.41. The van der Waals surface area contributed by atoms with Crippen LogP contribution in [0.15, 0.2) is 18.3 Å². The molecule has 0 bridgehead atoms. The van der Waals surface area contributed by atoms with E-state index in [1.807, 2.05) is 20.9 Å². The number of ether oxygens (including phenoxy) is 1. The fourth-order valence-corrected chi connectivity index (χ4v) is 2.60. The van der Waals surface area contributed by atoms with Gasteiger partial charge in [-0.1, -0.05) is 11.6 Å². The van der Waals surface area contributed by atoms with Crippen LogP contribution in [-0.4, -0.2) is 32.7 Å². The van der Waals surface area contributed by atoms with Crippen LogP contribution in [0.3, 0.4) is 0 Å². The van der Waals surface area contributed by atoms with Crippen LogP contribution in [0.5, 0.6) is 0 Å². The minimum Gasteiger partial charge on any atom is -0.453 e. The zero-order valence-electron chi connectivity index (χ0n) is 14.7. The van der Waals surface area contributed by atoms with Crippen LogP contribution >= 0.6 is 11.6 Å². The van der Waals surface area contributed by atoms with Gasteiger partial charge < -0.3 is 10.1 Å². The molecule has 7 nitrogen and oxygen atoms in total. The molecule has 2 rings (SSSR count). The number of aromatic nitrogens is 3. The summed E-state index contributed by atoms with van der Waals surface area (Å²) in [6.45, 7) is 5.37. The van der Waals surface area contributed by atoms with Gasteiger partial charge in [-0.25, -0.2) is 4.98 Å². The molecule has 0 radical (unpaired) electrons. The third kappa shape index (κ3) is 4.79. The average molecular weight is 365 g/mol. The minimum atomic E-state index is -0.931. The van der Waals surface area contributed by atoms with Gasteiger partial charge in [0.2, 0.25) is 0 Å². The Labute approximate surface area is 151 Å². The summed E-state index contributed by atoms with van der Waals surface area (Å²) in [6, 6.07) is 3.27. The summed E-state index contributed by atoms with van der Waals surface area (Å²) >= 11 is 5.89. The van der Waals surface area contributed by atoms with E-state index in [-0.39, 0.29) is 11.6 Å². The molecule has 2 heterocycles. The van der Waals surface area contributed by atoms with Gasteiger partial charge >= 0.3 is 5.97 Å². The second kappa shape index (κ2) is 8.11. The molecule has 0 aliphatic carbocycles. The van der Waals surface area contributed by atoms with Gasteiger partial charge in [0.05, 0.1) is 11.4 Å². The average Bonchev–Trinajstić information content (AvgIpc) is 2.80. The molecular weight excluding hydrogens is 344 g/mol. The van der Waals surface area contributed by atoms with E-state index in [9.17, 15) is 9.59 Å². The third-order valence-electron chi connectivity index (χ3n) is 3.93. The summed E-state index contributed by atoms with van der Waals surface area (Å²) < 4.78 is 6.97. The van der Waals surface area contributed by atoms with E-state index in [4.69, 9.17) is 16.3 Å². The molecule has 8 heteroatoms. The first kappa shape index (κ1) is 18.9. The van der Waals surface area contributed by atoms with Gasteiger partial charge in [0.25, 0.3) is 5.91 Å². The first-order chi connectivity index (χ1) is 11.8. The van der Waals surface area contributed by atoms with E-state index in [0.717, 1.165) is 17.0 Å². The van der Waals surface area contributed by atoms with Gasteiger partial charge in [-0.15, -0.1) is 0 Å². The number of esters is 1. The number of anilines is 1. The highest BCUT2D eigenvalue weighted by molar-refractivity contribution is 6.32. The van der Waals surface area contributed by atoms with Crippen molar-refractivity contribution in [2.24, 2.45) is 7.05 Å². The number of amides is 1. The number of halogens is 1. The highest BCUT2D eigenvalue weighted by Gasteiger charge is 2.20. The third-order valence-corrected chi connectivity index (χ3v) is 4.23. The molecule has 0 spiro atoms. The Kier molecular flexibility index (Phi) is 6.14. The maximum atomic E-state index is 12.1. The number of carbonyl (C=O) groups is 2. The zero-order valence-corrected chi connectivity index (χ0v) is 15.4. The van der Waals surface area contributed by atoms with E-state index in [1.54, 1.807) is 16.8 Å². The predicted octanol–water partition coefficient (Wildman–Crippen LogP) is 2.59. The summed E-state index contributed by atoms with van der Waals surface area (Å²) in [5.41, 5.74) is 3.31. The molecule has 1 atom stereocenters. The first-order valence-electron chi connectivity index (χ1n) is 7.89. The minimum absolute atomic E-state index is 0.178. The Morgan fingerprint density at radius 3 is 2.72 bits per heavy atom. The van der Waals surface area contributed by atoms with Crippen molar-refractivity contribution >= 4 is 29.2 Å². The quantitative estimate of drug-likeness (QED) is 0.629. The topological polar surface area (TPSA) is 86.1 Å². The van der Waals surface area contributed by atoms with E-state index >= 15 is 0 Å². The van der Waals surface area contributed by atoms with Crippen molar-refractivity contribution in [3.05, 3.63) is 40.4 Å². The highest BCUT2D eigenvalue weighted by atomic mass is 35.5. The Balaban J connectivity index is 1.87. The molecule has 2 aromatic rings. The predicted molar refractivity (Wildman–Crippen MR) is 94.4 cm³/mol. The largest absolute Gasteiger partial charge is 0.453 e. The molecule has 25 heavy (non-hydrogen) atoms. The molecule has 1 unspecified atom stereocenters. The van der Waals surface area contributed by atoms with E-state index in [1.165, 1.54) is 13.1 Å². The summed E-state index contributed by atoms with van der Waals surface area (Å²) in [7, 11) is 1.86. The van der Waals surface area contributed by atoms with Crippen molar-refractivity contribution in [2.75, 3.05) is 5.32 Å². The number of hydrogen-bond donors (Lipinski definition) is 1. The standard InChI is InChI=1S/C17H21ClN4O3/c1-10-13(11(2)22(4)21-10)7-8-15(23)25-12(3)17(24)20-14-6-5-9-19-16(14)18/h5-6,9,12H,7-8H2,1-4H3,(H,20,24). The van der Waals surface area contributed by atoms with Crippen LogP contribution in [0.1, 0.15) is 30.3 Å². The second-order valence-electron chi connectivity index (χ2n) is 5.74. The molecule has 0 aliphatic rings. The number of nitrogens with one attached hydrogen (secondary N) is 1. The Bertz CT molecular complexity index is 788.